The number of carboxylic acid groups (broad SMARTS) is 1. The van der Waals surface area contributed by atoms with Gasteiger partial charge in [0.25, 0.3) is 0 Å². The molecule has 1 saturated heterocycles. The van der Waals surface area contributed by atoms with E-state index in [4.69, 9.17) is 9.84 Å². The number of hydrogen-bond donors (Lipinski definition) is 1. The highest BCUT2D eigenvalue weighted by Gasteiger charge is 2.25. The second-order valence-corrected chi connectivity index (χ2v) is 5.08. The smallest absolute Gasteiger partial charge is 0.305 e. The highest BCUT2D eigenvalue weighted by molar-refractivity contribution is 5.77. The van der Waals surface area contributed by atoms with E-state index in [1.54, 1.807) is 4.57 Å². The van der Waals surface area contributed by atoms with Crippen molar-refractivity contribution in [2.75, 3.05) is 13.2 Å². The van der Waals surface area contributed by atoms with E-state index in [1.165, 1.54) is 0 Å². The van der Waals surface area contributed by atoms with E-state index in [1.807, 2.05) is 0 Å². The maximum Gasteiger partial charge on any atom is 0.305 e. The molecular weight excluding hydrogens is 282 g/mol. The number of carboxylic acids is 1. The number of rotatable bonds is 4. The zero-order valence-electron chi connectivity index (χ0n) is 11.2. The highest BCUT2D eigenvalue weighted by Crippen LogP contribution is 2.29. The second kappa shape index (κ2) is 5.40. The number of aromatic nitrogens is 2. The van der Waals surface area contributed by atoms with Gasteiger partial charge >= 0.3 is 5.97 Å². The van der Waals surface area contributed by atoms with Crippen LogP contribution in [0.5, 0.6) is 0 Å². The normalized spacial score (nSPS) is 18.5. The first kappa shape index (κ1) is 13.9. The summed E-state index contributed by atoms with van der Waals surface area (Å²) in [7, 11) is 0. The van der Waals surface area contributed by atoms with Gasteiger partial charge in [-0.25, -0.2) is 13.8 Å². The van der Waals surface area contributed by atoms with Crippen molar-refractivity contribution in [3.63, 3.8) is 0 Å². The van der Waals surface area contributed by atoms with Crippen molar-refractivity contribution < 1.29 is 23.4 Å². The van der Waals surface area contributed by atoms with Crippen molar-refractivity contribution in [3.05, 3.63) is 29.6 Å². The topological polar surface area (TPSA) is 64.3 Å². The Labute approximate surface area is 119 Å². The maximum atomic E-state index is 13.5. The van der Waals surface area contributed by atoms with E-state index in [0.29, 0.717) is 30.1 Å². The molecule has 0 bridgehead atoms. The van der Waals surface area contributed by atoms with Gasteiger partial charge in [-0.15, -0.1) is 0 Å². The molecule has 1 aromatic carbocycles. The molecule has 0 radical (unpaired) electrons. The first-order valence-electron chi connectivity index (χ1n) is 6.71. The molecule has 0 saturated carbocycles. The number of hydrogen-bond acceptors (Lipinski definition) is 3. The van der Waals surface area contributed by atoms with Gasteiger partial charge in [-0.2, -0.15) is 0 Å². The molecule has 21 heavy (non-hydrogen) atoms. The van der Waals surface area contributed by atoms with Crippen LogP contribution in [-0.2, 0) is 16.1 Å². The summed E-state index contributed by atoms with van der Waals surface area (Å²) in [4.78, 5) is 15.1. The van der Waals surface area contributed by atoms with Gasteiger partial charge in [0, 0.05) is 31.2 Å². The molecule has 1 fully saturated rings. The van der Waals surface area contributed by atoms with Crippen molar-refractivity contribution >= 4 is 17.0 Å². The molecular formula is C14H14F2N2O3. The Hall–Kier alpha value is -2.02. The number of ether oxygens (including phenoxy) is 1. The number of halogens is 2. The first-order valence-corrected chi connectivity index (χ1v) is 6.71. The van der Waals surface area contributed by atoms with Crippen LogP contribution in [-0.4, -0.2) is 33.8 Å². The number of imidazole rings is 1. The summed E-state index contributed by atoms with van der Waals surface area (Å²) in [5.74, 6) is -2.22. The average Bonchev–Trinajstić information content (AvgIpc) is 3.04. The fourth-order valence-corrected chi connectivity index (χ4v) is 2.63. The van der Waals surface area contributed by atoms with Crippen LogP contribution in [0.2, 0.25) is 0 Å². The zero-order chi connectivity index (χ0) is 15.0. The SMILES string of the molecule is O=C(O)CCn1c(C2CCOC2)nc2cc(F)c(F)cc21. The molecule has 1 N–H and O–H groups in total. The zero-order valence-corrected chi connectivity index (χ0v) is 11.2. The molecule has 0 spiro atoms. The van der Waals surface area contributed by atoms with E-state index < -0.39 is 17.6 Å². The van der Waals surface area contributed by atoms with E-state index in [9.17, 15) is 13.6 Å². The van der Waals surface area contributed by atoms with E-state index in [-0.39, 0.29) is 18.9 Å². The number of fused-ring (bicyclic) bond motifs is 1. The van der Waals surface area contributed by atoms with Crippen molar-refractivity contribution in [2.45, 2.75) is 25.3 Å². The summed E-state index contributed by atoms with van der Waals surface area (Å²) in [5.41, 5.74) is 0.748. The molecule has 5 nitrogen and oxygen atoms in total. The molecule has 2 aromatic rings. The Balaban J connectivity index is 2.10. The molecule has 7 heteroatoms. The standard InChI is InChI=1S/C14H14F2N2O3/c15-9-5-11-12(6-10(9)16)18(3-1-13(19)20)14(17-11)8-2-4-21-7-8/h5-6,8H,1-4,7H2,(H,19,20). The van der Waals surface area contributed by atoms with Crippen LogP contribution in [0.3, 0.4) is 0 Å². The molecule has 1 aliphatic heterocycles. The minimum absolute atomic E-state index is 0.0253. The lowest BCUT2D eigenvalue weighted by Crippen LogP contribution is -2.12. The Morgan fingerprint density at radius 2 is 2.19 bits per heavy atom. The summed E-state index contributed by atoms with van der Waals surface area (Å²) in [6.07, 6.45) is 0.659. The molecule has 3 rings (SSSR count). The fraction of sp³-hybridized carbons (Fsp3) is 0.429. The van der Waals surface area contributed by atoms with Crippen LogP contribution < -0.4 is 0 Å². The van der Waals surface area contributed by atoms with Crippen LogP contribution in [0.25, 0.3) is 11.0 Å². The molecule has 112 valence electrons. The van der Waals surface area contributed by atoms with Gasteiger partial charge in [0.1, 0.15) is 5.82 Å². The van der Waals surface area contributed by atoms with Crippen molar-refractivity contribution in [1.82, 2.24) is 9.55 Å². The molecule has 1 atom stereocenters. The Kier molecular flexibility index (Phi) is 3.59. The molecule has 0 amide bonds. The number of carbonyl (C=O) groups is 1. The van der Waals surface area contributed by atoms with Gasteiger partial charge in [0.15, 0.2) is 11.6 Å². The first-order chi connectivity index (χ1) is 10.1. The van der Waals surface area contributed by atoms with Gasteiger partial charge in [0.2, 0.25) is 0 Å². The predicted molar refractivity (Wildman–Crippen MR) is 70.1 cm³/mol. The Morgan fingerprint density at radius 1 is 1.43 bits per heavy atom. The lowest BCUT2D eigenvalue weighted by atomic mass is 10.1. The predicted octanol–water partition coefficient (Wildman–Crippen LogP) is 2.29. The summed E-state index contributed by atoms with van der Waals surface area (Å²) in [6.45, 7) is 1.26. The third-order valence-corrected chi connectivity index (χ3v) is 3.66. The molecule has 1 unspecified atom stereocenters. The number of benzene rings is 1. The lowest BCUT2D eigenvalue weighted by Gasteiger charge is -2.11. The van der Waals surface area contributed by atoms with Gasteiger partial charge in [-0.05, 0) is 6.42 Å². The monoisotopic (exact) mass is 296 g/mol. The van der Waals surface area contributed by atoms with E-state index in [2.05, 4.69) is 4.98 Å². The van der Waals surface area contributed by atoms with Crippen LogP contribution in [0.15, 0.2) is 12.1 Å². The molecule has 1 aliphatic rings. The van der Waals surface area contributed by atoms with Gasteiger partial charge in [-0.3, -0.25) is 4.79 Å². The molecule has 0 aliphatic carbocycles. The molecule has 2 heterocycles. The van der Waals surface area contributed by atoms with Gasteiger partial charge in [0.05, 0.1) is 24.1 Å². The summed E-state index contributed by atoms with van der Waals surface area (Å²) < 4.78 is 33.8. The number of aryl methyl sites for hydroxylation is 1. The quantitative estimate of drug-likeness (QED) is 0.940. The summed E-state index contributed by atoms with van der Waals surface area (Å²) in [6, 6.07) is 2.11. The summed E-state index contributed by atoms with van der Waals surface area (Å²) >= 11 is 0. The van der Waals surface area contributed by atoms with E-state index >= 15 is 0 Å². The van der Waals surface area contributed by atoms with Crippen LogP contribution in [0.4, 0.5) is 8.78 Å². The van der Waals surface area contributed by atoms with Gasteiger partial charge in [-0.1, -0.05) is 0 Å². The van der Waals surface area contributed by atoms with Crippen LogP contribution in [0.1, 0.15) is 24.6 Å². The number of aliphatic carboxylic acids is 1. The largest absolute Gasteiger partial charge is 0.481 e. The number of nitrogens with zero attached hydrogens (tertiary/aromatic N) is 2. The third kappa shape index (κ3) is 2.61. The molecule has 1 aromatic heterocycles. The Morgan fingerprint density at radius 3 is 2.86 bits per heavy atom. The minimum Gasteiger partial charge on any atom is -0.481 e. The van der Waals surface area contributed by atoms with Crippen LogP contribution >= 0.6 is 0 Å². The minimum atomic E-state index is -0.965. The van der Waals surface area contributed by atoms with Crippen molar-refractivity contribution in [2.24, 2.45) is 0 Å². The highest BCUT2D eigenvalue weighted by atomic mass is 19.2. The summed E-state index contributed by atoms with van der Waals surface area (Å²) in [5, 5.41) is 8.85. The van der Waals surface area contributed by atoms with Crippen molar-refractivity contribution in [3.8, 4) is 0 Å². The van der Waals surface area contributed by atoms with E-state index in [0.717, 1.165) is 18.6 Å². The maximum absolute atomic E-state index is 13.5. The Bertz CT molecular complexity index is 693. The lowest BCUT2D eigenvalue weighted by molar-refractivity contribution is -0.137. The van der Waals surface area contributed by atoms with Gasteiger partial charge < -0.3 is 14.4 Å². The van der Waals surface area contributed by atoms with Crippen LogP contribution in [0, 0.1) is 11.6 Å². The average molecular weight is 296 g/mol. The second-order valence-electron chi connectivity index (χ2n) is 5.08. The van der Waals surface area contributed by atoms with Crippen molar-refractivity contribution in [1.29, 1.82) is 0 Å². The fourth-order valence-electron chi connectivity index (χ4n) is 2.63. The third-order valence-electron chi connectivity index (χ3n) is 3.66.